The summed E-state index contributed by atoms with van der Waals surface area (Å²) >= 11 is 3.51. The summed E-state index contributed by atoms with van der Waals surface area (Å²) in [5.41, 5.74) is 1.12. The maximum absolute atomic E-state index is 9.54. The van der Waals surface area contributed by atoms with Crippen molar-refractivity contribution in [2.75, 3.05) is 13.7 Å². The molecule has 0 saturated carbocycles. The summed E-state index contributed by atoms with van der Waals surface area (Å²) < 4.78 is 12.0. The van der Waals surface area contributed by atoms with Crippen molar-refractivity contribution >= 4 is 15.9 Å². The van der Waals surface area contributed by atoms with Gasteiger partial charge in [0.1, 0.15) is 6.10 Å². The van der Waals surface area contributed by atoms with Gasteiger partial charge in [0.15, 0.2) is 11.5 Å². The molecule has 2 unspecified atom stereocenters. The molecule has 0 bridgehead atoms. The van der Waals surface area contributed by atoms with E-state index < -0.39 is 6.10 Å². The van der Waals surface area contributed by atoms with Crippen LogP contribution < -0.4 is 14.8 Å². The molecular formula is C15H24BrNO3. The van der Waals surface area contributed by atoms with Crippen LogP contribution in [0, 0.1) is 0 Å². The minimum atomic E-state index is -0.544. The summed E-state index contributed by atoms with van der Waals surface area (Å²) in [7, 11) is 1.62. The molecule has 0 saturated heterocycles. The highest BCUT2D eigenvalue weighted by Gasteiger charge is 2.17. The first-order valence-electron chi connectivity index (χ1n) is 6.91. The maximum atomic E-state index is 9.54. The van der Waals surface area contributed by atoms with Gasteiger partial charge in [0.25, 0.3) is 0 Å². The molecular weight excluding hydrogens is 322 g/mol. The molecule has 114 valence electrons. The lowest BCUT2D eigenvalue weighted by atomic mass is 10.2. The Balaban J connectivity index is 2.90. The number of nitrogens with one attached hydrogen (secondary N) is 1. The summed E-state index contributed by atoms with van der Waals surface area (Å²) in [4.78, 5) is 0. The Morgan fingerprint density at radius 2 is 2.05 bits per heavy atom. The summed E-state index contributed by atoms with van der Waals surface area (Å²) in [6.45, 7) is 7.44. The van der Waals surface area contributed by atoms with Crippen LogP contribution in [-0.4, -0.2) is 31.0 Å². The zero-order chi connectivity index (χ0) is 15.1. The number of hydrogen-bond donors (Lipinski definition) is 2. The van der Waals surface area contributed by atoms with E-state index in [9.17, 15) is 5.11 Å². The second-order valence-corrected chi connectivity index (χ2v) is 5.70. The first-order valence-corrected chi connectivity index (χ1v) is 7.70. The van der Waals surface area contributed by atoms with E-state index in [4.69, 9.17) is 9.47 Å². The molecule has 0 aromatic heterocycles. The van der Waals surface area contributed by atoms with Crippen molar-refractivity contribution in [2.45, 2.75) is 45.9 Å². The molecule has 2 N–H and O–H groups in total. The number of benzene rings is 1. The van der Waals surface area contributed by atoms with Crippen molar-refractivity contribution in [1.29, 1.82) is 0 Å². The number of ether oxygens (including phenoxy) is 2. The highest BCUT2D eigenvalue weighted by Crippen LogP contribution is 2.37. The second-order valence-electron chi connectivity index (χ2n) is 4.85. The number of rotatable bonds is 8. The lowest BCUT2D eigenvalue weighted by Crippen LogP contribution is -2.26. The van der Waals surface area contributed by atoms with Gasteiger partial charge >= 0.3 is 0 Å². The fourth-order valence-corrected chi connectivity index (χ4v) is 2.27. The number of aliphatic hydroxyl groups excluding tert-OH is 1. The fourth-order valence-electron chi connectivity index (χ4n) is 1.68. The van der Waals surface area contributed by atoms with Crippen LogP contribution in [0.4, 0.5) is 0 Å². The maximum Gasteiger partial charge on any atom is 0.175 e. The monoisotopic (exact) mass is 345 g/mol. The van der Waals surface area contributed by atoms with Crippen LogP contribution in [0.2, 0.25) is 0 Å². The van der Waals surface area contributed by atoms with E-state index in [0.717, 1.165) is 29.5 Å². The number of methoxy groups -OCH3 is 1. The van der Waals surface area contributed by atoms with Gasteiger partial charge in [-0.3, -0.25) is 0 Å². The first-order chi connectivity index (χ1) is 9.49. The predicted octanol–water partition coefficient (Wildman–Crippen LogP) is 3.11. The van der Waals surface area contributed by atoms with Crippen LogP contribution in [0.15, 0.2) is 16.6 Å². The Labute approximate surface area is 129 Å². The van der Waals surface area contributed by atoms with Gasteiger partial charge in [-0.2, -0.15) is 0 Å². The van der Waals surface area contributed by atoms with Gasteiger partial charge in [-0.25, -0.2) is 0 Å². The average molecular weight is 346 g/mol. The zero-order valence-electron chi connectivity index (χ0n) is 12.6. The first kappa shape index (κ1) is 17.3. The number of halogens is 1. The van der Waals surface area contributed by atoms with Crippen LogP contribution in [0.3, 0.4) is 0 Å². The van der Waals surface area contributed by atoms with E-state index in [2.05, 4.69) is 28.2 Å². The molecule has 0 spiro atoms. The molecule has 0 aliphatic heterocycles. The molecule has 1 rings (SSSR count). The quantitative estimate of drug-likeness (QED) is 0.711. The van der Waals surface area contributed by atoms with E-state index >= 15 is 0 Å². The van der Waals surface area contributed by atoms with Gasteiger partial charge in [-0.05, 0) is 60.4 Å². The molecule has 0 aliphatic carbocycles. The largest absolute Gasteiger partial charge is 0.493 e. The van der Waals surface area contributed by atoms with Gasteiger partial charge < -0.3 is 19.9 Å². The van der Waals surface area contributed by atoms with Gasteiger partial charge in [0.05, 0.1) is 17.7 Å². The molecule has 0 fully saturated rings. The van der Waals surface area contributed by atoms with E-state index in [1.807, 2.05) is 19.1 Å². The smallest absolute Gasteiger partial charge is 0.175 e. The van der Waals surface area contributed by atoms with E-state index in [-0.39, 0.29) is 6.10 Å². The third-order valence-corrected chi connectivity index (χ3v) is 3.62. The molecule has 0 heterocycles. The third-order valence-electron chi connectivity index (χ3n) is 3.03. The molecule has 1 aromatic carbocycles. The molecule has 0 aliphatic rings. The number of hydrogen-bond acceptors (Lipinski definition) is 4. The molecule has 2 atom stereocenters. The highest BCUT2D eigenvalue weighted by molar-refractivity contribution is 9.10. The molecule has 20 heavy (non-hydrogen) atoms. The Morgan fingerprint density at radius 3 is 2.60 bits per heavy atom. The van der Waals surface area contributed by atoms with Crippen molar-refractivity contribution in [3.63, 3.8) is 0 Å². The van der Waals surface area contributed by atoms with E-state index in [1.165, 1.54) is 0 Å². The van der Waals surface area contributed by atoms with Crippen molar-refractivity contribution < 1.29 is 14.6 Å². The van der Waals surface area contributed by atoms with Crippen molar-refractivity contribution in [3.8, 4) is 11.5 Å². The Hall–Kier alpha value is -0.780. The molecule has 5 heteroatoms. The molecule has 0 amide bonds. The third kappa shape index (κ3) is 4.96. The SMILES string of the molecule is CCCNCc1cc(Br)c(OC(C)C(C)O)c(OC)c1. The summed E-state index contributed by atoms with van der Waals surface area (Å²) in [6.07, 6.45) is 0.257. The van der Waals surface area contributed by atoms with Gasteiger partial charge in [-0.1, -0.05) is 6.92 Å². The standard InChI is InChI=1S/C15H24BrNO3/c1-5-6-17-9-12-7-13(16)15(14(8-12)19-4)20-11(3)10(2)18/h7-8,10-11,17-18H,5-6,9H2,1-4H3. The molecule has 4 nitrogen and oxygen atoms in total. The van der Waals surface area contributed by atoms with Crippen LogP contribution in [0.25, 0.3) is 0 Å². The summed E-state index contributed by atoms with van der Waals surface area (Å²) in [6, 6.07) is 3.97. The van der Waals surface area contributed by atoms with Crippen LogP contribution >= 0.6 is 15.9 Å². The van der Waals surface area contributed by atoms with E-state index in [0.29, 0.717) is 11.5 Å². The van der Waals surface area contributed by atoms with Crippen molar-refractivity contribution in [2.24, 2.45) is 0 Å². The summed E-state index contributed by atoms with van der Waals surface area (Å²) in [5, 5.41) is 12.9. The molecule has 1 aromatic rings. The fraction of sp³-hybridized carbons (Fsp3) is 0.600. The Morgan fingerprint density at radius 1 is 1.35 bits per heavy atom. The average Bonchev–Trinajstić information content (AvgIpc) is 2.41. The summed E-state index contributed by atoms with van der Waals surface area (Å²) in [5.74, 6) is 1.29. The second kappa shape index (κ2) is 8.49. The Bertz CT molecular complexity index is 424. The van der Waals surface area contributed by atoms with Crippen LogP contribution in [-0.2, 0) is 6.54 Å². The molecule has 0 radical (unpaired) electrons. The van der Waals surface area contributed by atoms with Crippen molar-refractivity contribution in [3.05, 3.63) is 22.2 Å². The lowest BCUT2D eigenvalue weighted by Gasteiger charge is -2.21. The van der Waals surface area contributed by atoms with Crippen LogP contribution in [0.1, 0.15) is 32.8 Å². The van der Waals surface area contributed by atoms with Crippen molar-refractivity contribution in [1.82, 2.24) is 5.32 Å². The van der Waals surface area contributed by atoms with Crippen LogP contribution in [0.5, 0.6) is 11.5 Å². The normalized spacial score (nSPS) is 13.9. The predicted molar refractivity (Wildman–Crippen MR) is 84.5 cm³/mol. The minimum absolute atomic E-state index is 0.302. The van der Waals surface area contributed by atoms with Gasteiger partial charge in [0.2, 0.25) is 0 Å². The van der Waals surface area contributed by atoms with Gasteiger partial charge in [-0.15, -0.1) is 0 Å². The number of aliphatic hydroxyl groups is 1. The Kier molecular flexibility index (Phi) is 7.34. The topological polar surface area (TPSA) is 50.7 Å². The lowest BCUT2D eigenvalue weighted by molar-refractivity contribution is 0.0581. The highest BCUT2D eigenvalue weighted by atomic mass is 79.9. The van der Waals surface area contributed by atoms with E-state index in [1.54, 1.807) is 14.0 Å². The zero-order valence-corrected chi connectivity index (χ0v) is 14.2. The minimum Gasteiger partial charge on any atom is -0.493 e. The van der Waals surface area contributed by atoms with Gasteiger partial charge in [0, 0.05) is 6.54 Å².